The van der Waals surface area contributed by atoms with E-state index in [4.69, 9.17) is 0 Å². The van der Waals surface area contributed by atoms with Crippen LogP contribution in [0, 0.1) is 12.8 Å². The second-order valence-electron chi connectivity index (χ2n) is 5.34. The molecule has 88 valence electrons. The lowest BCUT2D eigenvalue weighted by Crippen LogP contribution is -2.36. The van der Waals surface area contributed by atoms with E-state index in [1.165, 1.54) is 38.5 Å². The molecule has 0 spiro atoms. The SMILES string of the molecule is Cc1cn2c(n1)NC(C1CCCCC1)CC2. The maximum atomic E-state index is 4.55. The van der Waals surface area contributed by atoms with Gasteiger partial charge in [-0.3, -0.25) is 0 Å². The molecule has 3 rings (SSSR count). The van der Waals surface area contributed by atoms with Crippen LogP contribution in [-0.4, -0.2) is 15.6 Å². The number of fused-ring (bicyclic) bond motifs is 1. The topological polar surface area (TPSA) is 29.9 Å². The fraction of sp³-hybridized carbons (Fsp3) is 0.769. The van der Waals surface area contributed by atoms with Gasteiger partial charge in [0.15, 0.2) is 0 Å². The molecule has 1 aromatic heterocycles. The summed E-state index contributed by atoms with van der Waals surface area (Å²) in [5.41, 5.74) is 1.13. The molecule has 1 atom stereocenters. The van der Waals surface area contributed by atoms with E-state index in [0.717, 1.165) is 24.1 Å². The molecule has 1 aliphatic heterocycles. The Morgan fingerprint density at radius 1 is 1.25 bits per heavy atom. The lowest BCUT2D eigenvalue weighted by Gasteiger charge is -2.34. The first-order valence-corrected chi connectivity index (χ1v) is 6.63. The summed E-state index contributed by atoms with van der Waals surface area (Å²) in [4.78, 5) is 4.55. The Kier molecular flexibility index (Phi) is 2.62. The number of hydrogen-bond acceptors (Lipinski definition) is 2. The highest BCUT2D eigenvalue weighted by Gasteiger charge is 2.27. The van der Waals surface area contributed by atoms with E-state index in [9.17, 15) is 0 Å². The average Bonchev–Trinajstić information content (AvgIpc) is 2.69. The van der Waals surface area contributed by atoms with Gasteiger partial charge < -0.3 is 9.88 Å². The van der Waals surface area contributed by atoms with Crippen molar-refractivity contribution in [3.05, 3.63) is 11.9 Å². The molecule has 0 aromatic carbocycles. The molecule has 3 nitrogen and oxygen atoms in total. The molecule has 2 aliphatic rings. The Hall–Kier alpha value is -0.990. The van der Waals surface area contributed by atoms with E-state index in [1.54, 1.807) is 0 Å². The largest absolute Gasteiger partial charge is 0.353 e. The number of imidazole rings is 1. The predicted octanol–water partition coefficient (Wildman–Crippen LogP) is 2.96. The third kappa shape index (κ3) is 1.83. The van der Waals surface area contributed by atoms with Gasteiger partial charge in [-0.2, -0.15) is 0 Å². The van der Waals surface area contributed by atoms with Crippen molar-refractivity contribution in [2.24, 2.45) is 5.92 Å². The smallest absolute Gasteiger partial charge is 0.203 e. The maximum absolute atomic E-state index is 4.55. The third-order valence-electron chi connectivity index (χ3n) is 4.11. The molecule has 1 aromatic rings. The predicted molar refractivity (Wildman–Crippen MR) is 65.6 cm³/mol. The van der Waals surface area contributed by atoms with Crippen molar-refractivity contribution < 1.29 is 0 Å². The van der Waals surface area contributed by atoms with Gasteiger partial charge >= 0.3 is 0 Å². The Morgan fingerprint density at radius 3 is 2.88 bits per heavy atom. The number of rotatable bonds is 1. The van der Waals surface area contributed by atoms with Crippen LogP contribution in [-0.2, 0) is 6.54 Å². The summed E-state index contributed by atoms with van der Waals surface area (Å²) in [6.45, 7) is 3.22. The minimum atomic E-state index is 0.676. The van der Waals surface area contributed by atoms with Gasteiger partial charge in [0.05, 0.1) is 5.69 Å². The summed E-state index contributed by atoms with van der Waals surface area (Å²) < 4.78 is 2.26. The molecule has 0 bridgehead atoms. The van der Waals surface area contributed by atoms with Crippen molar-refractivity contribution in [2.45, 2.75) is 58.0 Å². The normalized spacial score (nSPS) is 26.2. The summed E-state index contributed by atoms with van der Waals surface area (Å²) in [6, 6.07) is 0.676. The van der Waals surface area contributed by atoms with E-state index >= 15 is 0 Å². The summed E-state index contributed by atoms with van der Waals surface area (Å²) in [5, 5.41) is 3.64. The van der Waals surface area contributed by atoms with Gasteiger partial charge in [0.25, 0.3) is 0 Å². The molecule has 1 unspecified atom stereocenters. The molecular formula is C13H21N3. The van der Waals surface area contributed by atoms with Gasteiger partial charge in [0, 0.05) is 18.8 Å². The maximum Gasteiger partial charge on any atom is 0.203 e. The molecule has 1 aliphatic carbocycles. The Bertz CT molecular complexity index is 363. The highest BCUT2D eigenvalue weighted by atomic mass is 15.2. The number of nitrogens with zero attached hydrogens (tertiary/aromatic N) is 2. The van der Waals surface area contributed by atoms with Crippen LogP contribution in [0.25, 0.3) is 0 Å². The van der Waals surface area contributed by atoms with E-state index in [0.29, 0.717) is 6.04 Å². The monoisotopic (exact) mass is 219 g/mol. The average molecular weight is 219 g/mol. The molecular weight excluding hydrogens is 198 g/mol. The quantitative estimate of drug-likeness (QED) is 0.787. The second-order valence-corrected chi connectivity index (χ2v) is 5.34. The number of hydrogen-bond donors (Lipinski definition) is 1. The van der Waals surface area contributed by atoms with Gasteiger partial charge in [-0.25, -0.2) is 4.98 Å². The molecule has 2 heterocycles. The van der Waals surface area contributed by atoms with Crippen molar-refractivity contribution in [2.75, 3.05) is 5.32 Å². The van der Waals surface area contributed by atoms with Crippen LogP contribution in [0.4, 0.5) is 5.95 Å². The Labute approximate surface area is 97.3 Å². The van der Waals surface area contributed by atoms with Crippen LogP contribution in [0.5, 0.6) is 0 Å². The first-order valence-electron chi connectivity index (χ1n) is 6.63. The van der Waals surface area contributed by atoms with Crippen molar-refractivity contribution in [3.8, 4) is 0 Å². The van der Waals surface area contributed by atoms with Gasteiger partial charge in [0.2, 0.25) is 5.95 Å². The minimum Gasteiger partial charge on any atom is -0.353 e. The standard InChI is InChI=1S/C13H21N3/c1-10-9-16-8-7-12(15-13(16)14-10)11-5-3-2-4-6-11/h9,11-12H,2-8H2,1H3,(H,14,15). The number of nitrogens with one attached hydrogen (secondary N) is 1. The molecule has 1 saturated carbocycles. The zero-order chi connectivity index (χ0) is 11.0. The van der Waals surface area contributed by atoms with Crippen molar-refractivity contribution in [3.63, 3.8) is 0 Å². The van der Waals surface area contributed by atoms with Crippen molar-refractivity contribution in [1.29, 1.82) is 0 Å². The highest BCUT2D eigenvalue weighted by Crippen LogP contribution is 2.31. The van der Waals surface area contributed by atoms with Gasteiger partial charge in [-0.1, -0.05) is 19.3 Å². The molecule has 16 heavy (non-hydrogen) atoms. The zero-order valence-electron chi connectivity index (χ0n) is 10.1. The van der Waals surface area contributed by atoms with Gasteiger partial charge in [0.1, 0.15) is 0 Å². The zero-order valence-corrected chi connectivity index (χ0v) is 10.1. The first-order chi connectivity index (χ1) is 7.83. The van der Waals surface area contributed by atoms with Crippen LogP contribution in [0.3, 0.4) is 0 Å². The fourth-order valence-electron chi connectivity index (χ4n) is 3.24. The summed E-state index contributed by atoms with van der Waals surface area (Å²) >= 11 is 0. The van der Waals surface area contributed by atoms with Crippen LogP contribution in [0.1, 0.15) is 44.2 Å². The lowest BCUT2D eigenvalue weighted by molar-refractivity contribution is 0.292. The summed E-state index contributed by atoms with van der Waals surface area (Å²) in [5.74, 6) is 1.99. The number of aromatic nitrogens is 2. The van der Waals surface area contributed by atoms with Crippen LogP contribution < -0.4 is 5.32 Å². The Balaban J connectivity index is 1.71. The number of anilines is 1. The molecule has 0 radical (unpaired) electrons. The Morgan fingerprint density at radius 2 is 2.06 bits per heavy atom. The van der Waals surface area contributed by atoms with Gasteiger partial charge in [-0.05, 0) is 32.1 Å². The van der Waals surface area contributed by atoms with Crippen molar-refractivity contribution >= 4 is 5.95 Å². The lowest BCUT2D eigenvalue weighted by atomic mass is 9.82. The molecule has 3 heteroatoms. The van der Waals surface area contributed by atoms with Crippen LogP contribution in [0.15, 0.2) is 6.20 Å². The van der Waals surface area contributed by atoms with E-state index < -0.39 is 0 Å². The fourth-order valence-corrected chi connectivity index (χ4v) is 3.24. The summed E-state index contributed by atoms with van der Waals surface area (Å²) in [7, 11) is 0. The molecule has 0 saturated heterocycles. The van der Waals surface area contributed by atoms with E-state index in [2.05, 4.69) is 28.0 Å². The summed E-state index contributed by atoms with van der Waals surface area (Å²) in [6.07, 6.45) is 10.5. The van der Waals surface area contributed by atoms with Gasteiger partial charge in [-0.15, -0.1) is 0 Å². The molecule has 1 fully saturated rings. The van der Waals surface area contributed by atoms with Crippen LogP contribution in [0.2, 0.25) is 0 Å². The molecule has 0 amide bonds. The third-order valence-corrected chi connectivity index (χ3v) is 4.11. The van der Waals surface area contributed by atoms with Crippen LogP contribution >= 0.6 is 0 Å². The van der Waals surface area contributed by atoms with E-state index in [-0.39, 0.29) is 0 Å². The minimum absolute atomic E-state index is 0.676. The number of aryl methyl sites for hydroxylation is 2. The molecule has 1 N–H and O–H groups in total. The second kappa shape index (κ2) is 4.11. The first kappa shape index (κ1) is 10.2. The highest BCUT2D eigenvalue weighted by molar-refractivity contribution is 5.32. The van der Waals surface area contributed by atoms with Crippen molar-refractivity contribution in [1.82, 2.24) is 9.55 Å². The van der Waals surface area contributed by atoms with E-state index in [1.807, 2.05) is 0 Å².